The van der Waals surface area contributed by atoms with E-state index in [1.54, 1.807) is 0 Å². The molecule has 0 saturated heterocycles. The lowest BCUT2D eigenvalue weighted by Gasteiger charge is -2.25. The van der Waals surface area contributed by atoms with Crippen molar-refractivity contribution in [2.45, 2.75) is 12.1 Å². The summed E-state index contributed by atoms with van der Waals surface area (Å²) in [7, 11) is 0. The van der Waals surface area contributed by atoms with Crippen LogP contribution in [0.4, 0.5) is 5.95 Å². The van der Waals surface area contributed by atoms with E-state index in [1.165, 1.54) is 12.4 Å². The normalized spacial score (nSPS) is 13.3. The van der Waals surface area contributed by atoms with E-state index in [2.05, 4.69) is 15.3 Å². The van der Waals surface area contributed by atoms with Crippen LogP contribution in [-0.2, 0) is 0 Å². The first-order chi connectivity index (χ1) is 11.2. The molecule has 0 aliphatic carbocycles. The summed E-state index contributed by atoms with van der Waals surface area (Å²) in [4.78, 5) is 8.31. The smallest absolute Gasteiger partial charge is 0.223 e. The first-order valence-electron chi connectivity index (χ1n) is 7.26. The summed E-state index contributed by atoms with van der Waals surface area (Å²) in [5.41, 5.74) is 1.77. The van der Waals surface area contributed by atoms with Crippen LogP contribution in [0.3, 0.4) is 0 Å². The number of nitrogens with one attached hydrogen (secondary N) is 1. The minimum absolute atomic E-state index is 0.375. The van der Waals surface area contributed by atoms with Crippen LogP contribution in [-0.4, -0.2) is 15.1 Å². The number of benzene rings is 2. The molecule has 2 N–H and O–H groups in total. The number of aliphatic hydroxyl groups is 1. The van der Waals surface area contributed by atoms with E-state index in [-0.39, 0.29) is 6.04 Å². The lowest BCUT2D eigenvalue weighted by molar-refractivity contribution is 0.154. The summed E-state index contributed by atoms with van der Waals surface area (Å²) in [5, 5.41) is 14.5. The van der Waals surface area contributed by atoms with E-state index in [1.807, 2.05) is 60.7 Å². The summed E-state index contributed by atoms with van der Waals surface area (Å²) in [6.07, 6.45) is 2.31. The number of aromatic nitrogens is 2. The van der Waals surface area contributed by atoms with Gasteiger partial charge in [-0.25, -0.2) is 9.97 Å². The average molecular weight is 326 g/mol. The van der Waals surface area contributed by atoms with E-state index in [9.17, 15) is 5.11 Å². The summed E-state index contributed by atoms with van der Waals surface area (Å²) in [6, 6.07) is 18.9. The maximum Gasteiger partial charge on any atom is 0.223 e. The molecule has 0 saturated carbocycles. The predicted octanol–water partition coefficient (Wildman–Crippen LogP) is 4.02. The van der Waals surface area contributed by atoms with Gasteiger partial charge in [-0.15, -0.1) is 0 Å². The van der Waals surface area contributed by atoms with Gasteiger partial charge in [0, 0.05) is 0 Å². The molecular formula is C18H16ClN3O. The van der Waals surface area contributed by atoms with Crippen LogP contribution in [0.1, 0.15) is 23.3 Å². The third-order valence-corrected chi connectivity index (χ3v) is 3.72. The number of nitrogens with zero attached hydrogens (tertiary/aromatic N) is 2. The molecular weight excluding hydrogens is 310 g/mol. The second-order valence-corrected chi connectivity index (χ2v) is 5.55. The monoisotopic (exact) mass is 325 g/mol. The van der Waals surface area contributed by atoms with Crippen LogP contribution in [0, 0.1) is 0 Å². The minimum Gasteiger partial charge on any atom is -0.386 e. The first-order valence-corrected chi connectivity index (χ1v) is 7.64. The van der Waals surface area contributed by atoms with Crippen LogP contribution in [0.15, 0.2) is 73.1 Å². The van der Waals surface area contributed by atoms with E-state index >= 15 is 0 Å². The summed E-state index contributed by atoms with van der Waals surface area (Å²) in [5.74, 6) is 0.415. The SMILES string of the molecule is O[C@@H](c1ccccc1)[C@@H](Nc1ncc(Cl)cn1)c1ccccc1. The molecule has 116 valence electrons. The molecule has 5 heteroatoms. The van der Waals surface area contributed by atoms with Gasteiger partial charge in [0.1, 0.15) is 6.10 Å². The topological polar surface area (TPSA) is 58.0 Å². The Morgan fingerprint density at radius 2 is 1.35 bits per heavy atom. The molecule has 3 rings (SSSR count). The first kappa shape index (κ1) is 15.5. The zero-order valence-electron chi connectivity index (χ0n) is 12.3. The molecule has 0 spiro atoms. The predicted molar refractivity (Wildman–Crippen MR) is 91.2 cm³/mol. The molecule has 0 aliphatic rings. The Labute approximate surface area is 139 Å². The molecule has 1 heterocycles. The van der Waals surface area contributed by atoms with Crippen LogP contribution < -0.4 is 5.32 Å². The van der Waals surface area contributed by atoms with Crippen molar-refractivity contribution in [1.82, 2.24) is 9.97 Å². The van der Waals surface area contributed by atoms with Crippen LogP contribution >= 0.6 is 11.6 Å². The van der Waals surface area contributed by atoms with Crippen LogP contribution in [0.5, 0.6) is 0 Å². The van der Waals surface area contributed by atoms with Crippen molar-refractivity contribution >= 4 is 17.5 Å². The molecule has 0 unspecified atom stereocenters. The Morgan fingerprint density at radius 3 is 1.91 bits per heavy atom. The zero-order valence-corrected chi connectivity index (χ0v) is 13.1. The highest BCUT2D eigenvalue weighted by Gasteiger charge is 2.23. The van der Waals surface area contributed by atoms with E-state index in [0.717, 1.165) is 11.1 Å². The molecule has 4 nitrogen and oxygen atoms in total. The fourth-order valence-corrected chi connectivity index (χ4v) is 2.47. The Hall–Kier alpha value is -2.43. The Morgan fingerprint density at radius 1 is 0.826 bits per heavy atom. The summed E-state index contributed by atoms with van der Waals surface area (Å²) < 4.78 is 0. The molecule has 23 heavy (non-hydrogen) atoms. The average Bonchev–Trinajstić information content (AvgIpc) is 2.62. The van der Waals surface area contributed by atoms with Crippen LogP contribution in [0.2, 0.25) is 5.02 Å². The van der Waals surface area contributed by atoms with Crippen molar-refractivity contribution in [1.29, 1.82) is 0 Å². The van der Waals surface area contributed by atoms with Crippen molar-refractivity contribution in [3.63, 3.8) is 0 Å². The van der Waals surface area contributed by atoms with Crippen molar-refractivity contribution in [2.75, 3.05) is 5.32 Å². The molecule has 0 radical (unpaired) electrons. The van der Waals surface area contributed by atoms with E-state index in [4.69, 9.17) is 11.6 Å². The Bertz CT molecular complexity index is 735. The highest BCUT2D eigenvalue weighted by molar-refractivity contribution is 6.30. The summed E-state index contributed by atoms with van der Waals surface area (Å²) in [6.45, 7) is 0. The lowest BCUT2D eigenvalue weighted by atomic mass is 9.96. The van der Waals surface area contributed by atoms with E-state index in [0.29, 0.717) is 11.0 Å². The summed E-state index contributed by atoms with van der Waals surface area (Å²) >= 11 is 5.82. The van der Waals surface area contributed by atoms with Gasteiger partial charge >= 0.3 is 0 Å². The van der Waals surface area contributed by atoms with Gasteiger partial charge in [0.25, 0.3) is 0 Å². The van der Waals surface area contributed by atoms with Gasteiger partial charge in [0.15, 0.2) is 0 Å². The zero-order chi connectivity index (χ0) is 16.1. The second kappa shape index (κ2) is 7.22. The molecule has 2 aromatic carbocycles. The highest BCUT2D eigenvalue weighted by Crippen LogP contribution is 2.31. The number of rotatable bonds is 5. The molecule has 1 aromatic heterocycles. The molecule has 0 bridgehead atoms. The fourth-order valence-electron chi connectivity index (χ4n) is 2.37. The maximum absolute atomic E-state index is 10.8. The maximum atomic E-state index is 10.8. The van der Waals surface area contributed by atoms with Gasteiger partial charge in [-0.2, -0.15) is 0 Å². The Kier molecular flexibility index (Phi) is 4.86. The van der Waals surface area contributed by atoms with Crippen molar-refractivity contribution in [3.05, 3.63) is 89.2 Å². The third kappa shape index (κ3) is 3.86. The fraction of sp³-hybridized carbons (Fsp3) is 0.111. The van der Waals surface area contributed by atoms with Crippen molar-refractivity contribution < 1.29 is 5.11 Å². The highest BCUT2D eigenvalue weighted by atomic mass is 35.5. The molecule has 0 amide bonds. The van der Waals surface area contributed by atoms with E-state index < -0.39 is 6.10 Å². The molecule has 0 aliphatic heterocycles. The number of aliphatic hydroxyl groups excluding tert-OH is 1. The molecule has 3 aromatic rings. The van der Waals surface area contributed by atoms with Gasteiger partial charge in [-0.1, -0.05) is 72.3 Å². The Balaban J connectivity index is 1.92. The van der Waals surface area contributed by atoms with Gasteiger partial charge in [-0.05, 0) is 11.1 Å². The number of anilines is 1. The minimum atomic E-state index is -0.738. The largest absolute Gasteiger partial charge is 0.386 e. The lowest BCUT2D eigenvalue weighted by Crippen LogP contribution is -2.20. The molecule has 2 atom stereocenters. The standard InChI is InChI=1S/C18H16ClN3O/c19-15-11-20-18(21-12-15)22-16(13-7-3-1-4-8-13)17(23)14-9-5-2-6-10-14/h1-12,16-17,23H,(H,20,21,22)/t16-,17-/m0/s1. The quantitative estimate of drug-likeness (QED) is 0.744. The number of hydrogen-bond donors (Lipinski definition) is 2. The number of halogens is 1. The van der Waals surface area contributed by atoms with Gasteiger partial charge in [0.05, 0.1) is 23.5 Å². The second-order valence-electron chi connectivity index (χ2n) is 5.11. The van der Waals surface area contributed by atoms with Gasteiger partial charge < -0.3 is 10.4 Å². The molecule has 0 fully saturated rings. The van der Waals surface area contributed by atoms with Gasteiger partial charge in [0.2, 0.25) is 5.95 Å². The van der Waals surface area contributed by atoms with Crippen molar-refractivity contribution in [2.24, 2.45) is 0 Å². The van der Waals surface area contributed by atoms with Gasteiger partial charge in [-0.3, -0.25) is 0 Å². The number of hydrogen-bond acceptors (Lipinski definition) is 4. The third-order valence-electron chi connectivity index (χ3n) is 3.52. The van der Waals surface area contributed by atoms with Crippen LogP contribution in [0.25, 0.3) is 0 Å². The van der Waals surface area contributed by atoms with Crippen molar-refractivity contribution in [3.8, 4) is 0 Å².